The predicted molar refractivity (Wildman–Crippen MR) is 92.0 cm³/mol. The molecule has 1 atom stereocenters. The summed E-state index contributed by atoms with van der Waals surface area (Å²) in [6.45, 7) is 1.94. The normalized spacial score (nSPS) is 12.0. The number of nitrogens with zero attached hydrogens (tertiary/aromatic N) is 1. The first kappa shape index (κ1) is 15.7. The Hall–Kier alpha value is -3.15. The van der Waals surface area contributed by atoms with Crippen molar-refractivity contribution in [3.05, 3.63) is 76.0 Å². The third kappa shape index (κ3) is 3.27. The van der Waals surface area contributed by atoms with Gasteiger partial charge in [0.25, 0.3) is 11.6 Å². The zero-order valence-electron chi connectivity index (χ0n) is 13.2. The number of nitro groups is 1. The van der Waals surface area contributed by atoms with Crippen LogP contribution in [0.5, 0.6) is 0 Å². The van der Waals surface area contributed by atoms with E-state index in [9.17, 15) is 14.9 Å². The summed E-state index contributed by atoms with van der Waals surface area (Å²) in [5.74, 6) is -0.239. The van der Waals surface area contributed by atoms with Crippen molar-refractivity contribution in [1.29, 1.82) is 0 Å². The van der Waals surface area contributed by atoms with Gasteiger partial charge in [-0.1, -0.05) is 18.2 Å². The van der Waals surface area contributed by atoms with Crippen molar-refractivity contribution in [1.82, 2.24) is 10.3 Å². The topological polar surface area (TPSA) is 88.0 Å². The first-order chi connectivity index (χ1) is 11.5. The van der Waals surface area contributed by atoms with Crippen LogP contribution in [0.25, 0.3) is 10.9 Å². The van der Waals surface area contributed by atoms with E-state index >= 15 is 0 Å². The average molecular weight is 323 g/mol. The summed E-state index contributed by atoms with van der Waals surface area (Å²) in [6, 6.07) is 13.6. The molecule has 0 bridgehead atoms. The molecule has 3 rings (SSSR count). The number of H-pyrrole nitrogens is 1. The Morgan fingerprint density at radius 3 is 2.62 bits per heavy atom. The van der Waals surface area contributed by atoms with Gasteiger partial charge in [0.1, 0.15) is 0 Å². The van der Waals surface area contributed by atoms with E-state index in [-0.39, 0.29) is 17.6 Å². The third-order valence-corrected chi connectivity index (χ3v) is 3.92. The van der Waals surface area contributed by atoms with Gasteiger partial charge in [0.2, 0.25) is 0 Å². The van der Waals surface area contributed by atoms with Crippen molar-refractivity contribution in [3.8, 4) is 0 Å². The monoisotopic (exact) mass is 323 g/mol. The van der Waals surface area contributed by atoms with Gasteiger partial charge in [-0.15, -0.1) is 0 Å². The summed E-state index contributed by atoms with van der Waals surface area (Å²) >= 11 is 0. The van der Waals surface area contributed by atoms with Gasteiger partial charge >= 0.3 is 0 Å². The van der Waals surface area contributed by atoms with E-state index in [0.717, 1.165) is 16.5 Å². The van der Waals surface area contributed by atoms with Crippen LogP contribution in [-0.4, -0.2) is 21.9 Å². The predicted octanol–water partition coefficient (Wildman–Crippen LogP) is 3.44. The van der Waals surface area contributed by atoms with E-state index in [1.807, 2.05) is 37.4 Å². The molecule has 2 N–H and O–H groups in total. The van der Waals surface area contributed by atoms with Crippen molar-refractivity contribution in [2.24, 2.45) is 0 Å². The number of rotatable bonds is 5. The van der Waals surface area contributed by atoms with Gasteiger partial charge in [-0.3, -0.25) is 14.9 Å². The molecular weight excluding hydrogens is 306 g/mol. The molecule has 6 heteroatoms. The minimum Gasteiger partial charge on any atom is -0.361 e. The minimum atomic E-state index is -0.485. The molecule has 0 unspecified atom stereocenters. The number of carbonyl (C=O) groups excluding carboxylic acids is 1. The smallest absolute Gasteiger partial charge is 0.269 e. The maximum atomic E-state index is 12.2. The number of aromatic amines is 1. The van der Waals surface area contributed by atoms with Crippen molar-refractivity contribution in [3.63, 3.8) is 0 Å². The molecule has 122 valence electrons. The van der Waals surface area contributed by atoms with Crippen molar-refractivity contribution in [2.75, 3.05) is 0 Å². The van der Waals surface area contributed by atoms with Gasteiger partial charge in [0.05, 0.1) is 4.92 Å². The number of para-hydroxylation sites is 1. The maximum Gasteiger partial charge on any atom is 0.269 e. The van der Waals surface area contributed by atoms with E-state index < -0.39 is 4.92 Å². The lowest BCUT2D eigenvalue weighted by molar-refractivity contribution is -0.384. The average Bonchev–Trinajstić information content (AvgIpc) is 2.98. The van der Waals surface area contributed by atoms with Crippen molar-refractivity contribution >= 4 is 22.5 Å². The van der Waals surface area contributed by atoms with Crippen LogP contribution in [0, 0.1) is 10.1 Å². The second-order valence-corrected chi connectivity index (χ2v) is 5.74. The van der Waals surface area contributed by atoms with E-state index in [0.29, 0.717) is 12.0 Å². The van der Waals surface area contributed by atoms with Crippen LogP contribution in [0.1, 0.15) is 22.8 Å². The van der Waals surface area contributed by atoms with Crippen LogP contribution in [-0.2, 0) is 6.42 Å². The molecule has 1 amide bonds. The summed E-state index contributed by atoms with van der Waals surface area (Å²) in [4.78, 5) is 25.6. The molecule has 0 saturated heterocycles. The molecule has 24 heavy (non-hydrogen) atoms. The SMILES string of the molecule is C[C@@H](Cc1c[nH]c2ccccc12)NC(=O)c1ccc([N+](=O)[O-])cc1. The number of hydrogen-bond acceptors (Lipinski definition) is 3. The summed E-state index contributed by atoms with van der Waals surface area (Å²) in [5, 5.41) is 14.7. The second-order valence-electron chi connectivity index (χ2n) is 5.74. The number of nitrogens with one attached hydrogen (secondary N) is 2. The molecule has 0 radical (unpaired) electrons. The largest absolute Gasteiger partial charge is 0.361 e. The van der Waals surface area contributed by atoms with Crippen LogP contribution < -0.4 is 5.32 Å². The fourth-order valence-electron chi connectivity index (χ4n) is 2.72. The van der Waals surface area contributed by atoms with Gasteiger partial charge in [-0.05, 0) is 37.1 Å². The molecule has 3 aromatic rings. The summed E-state index contributed by atoms with van der Waals surface area (Å²) in [6.07, 6.45) is 2.65. The highest BCUT2D eigenvalue weighted by Crippen LogP contribution is 2.19. The highest BCUT2D eigenvalue weighted by Gasteiger charge is 2.13. The van der Waals surface area contributed by atoms with Crippen molar-refractivity contribution in [2.45, 2.75) is 19.4 Å². The molecular formula is C18H17N3O3. The van der Waals surface area contributed by atoms with E-state index in [1.54, 1.807) is 0 Å². The summed E-state index contributed by atoms with van der Waals surface area (Å²) in [7, 11) is 0. The van der Waals surface area contributed by atoms with Crippen LogP contribution in [0.15, 0.2) is 54.7 Å². The number of carbonyl (C=O) groups is 1. The van der Waals surface area contributed by atoms with Gasteiger partial charge in [0.15, 0.2) is 0 Å². The Kier molecular flexibility index (Phi) is 4.29. The molecule has 0 aliphatic heterocycles. The standard InChI is InChI=1S/C18H17N3O3/c1-12(10-14-11-19-17-5-3-2-4-16(14)17)20-18(22)13-6-8-15(9-7-13)21(23)24/h2-9,11-12,19H,10H2,1H3,(H,20,22)/t12-/m0/s1. The summed E-state index contributed by atoms with van der Waals surface area (Å²) in [5.41, 5.74) is 2.59. The van der Waals surface area contributed by atoms with Crippen LogP contribution in [0.2, 0.25) is 0 Å². The molecule has 0 aliphatic rings. The molecule has 0 aliphatic carbocycles. The first-order valence-corrected chi connectivity index (χ1v) is 7.65. The number of hydrogen-bond donors (Lipinski definition) is 2. The molecule has 2 aromatic carbocycles. The first-order valence-electron chi connectivity index (χ1n) is 7.65. The quantitative estimate of drug-likeness (QED) is 0.557. The Morgan fingerprint density at radius 2 is 1.92 bits per heavy atom. The number of aromatic nitrogens is 1. The maximum absolute atomic E-state index is 12.2. The van der Waals surface area contributed by atoms with E-state index in [1.165, 1.54) is 24.3 Å². The number of non-ortho nitro benzene ring substituents is 1. The fraction of sp³-hybridized carbons (Fsp3) is 0.167. The van der Waals surface area contributed by atoms with Gasteiger partial charge < -0.3 is 10.3 Å². The zero-order valence-corrected chi connectivity index (χ0v) is 13.2. The van der Waals surface area contributed by atoms with Crippen LogP contribution in [0.4, 0.5) is 5.69 Å². The van der Waals surface area contributed by atoms with Gasteiger partial charge in [0, 0.05) is 40.8 Å². The Labute approximate surface area is 138 Å². The van der Waals surface area contributed by atoms with Crippen molar-refractivity contribution < 1.29 is 9.72 Å². The number of amides is 1. The van der Waals surface area contributed by atoms with E-state index in [4.69, 9.17) is 0 Å². The Balaban J connectivity index is 1.66. The molecule has 1 heterocycles. The lowest BCUT2D eigenvalue weighted by atomic mass is 10.1. The fourth-order valence-corrected chi connectivity index (χ4v) is 2.72. The lowest BCUT2D eigenvalue weighted by Gasteiger charge is -2.13. The Bertz CT molecular complexity index is 884. The lowest BCUT2D eigenvalue weighted by Crippen LogP contribution is -2.34. The van der Waals surface area contributed by atoms with Crippen LogP contribution in [0.3, 0.4) is 0 Å². The third-order valence-electron chi connectivity index (χ3n) is 3.92. The highest BCUT2D eigenvalue weighted by molar-refractivity contribution is 5.94. The minimum absolute atomic E-state index is 0.0293. The Morgan fingerprint density at radius 1 is 1.21 bits per heavy atom. The number of fused-ring (bicyclic) bond motifs is 1. The number of benzene rings is 2. The zero-order chi connectivity index (χ0) is 17.1. The molecule has 0 saturated carbocycles. The molecule has 0 spiro atoms. The van der Waals surface area contributed by atoms with Gasteiger partial charge in [-0.2, -0.15) is 0 Å². The van der Waals surface area contributed by atoms with E-state index in [2.05, 4.69) is 10.3 Å². The highest BCUT2D eigenvalue weighted by atomic mass is 16.6. The van der Waals surface area contributed by atoms with Gasteiger partial charge in [-0.25, -0.2) is 0 Å². The second kappa shape index (κ2) is 6.54. The van der Waals surface area contributed by atoms with Crippen LogP contribution >= 0.6 is 0 Å². The molecule has 1 aromatic heterocycles. The molecule has 6 nitrogen and oxygen atoms in total. The number of nitro benzene ring substituents is 1. The summed E-state index contributed by atoms with van der Waals surface area (Å²) < 4.78 is 0. The molecule has 0 fully saturated rings.